The summed E-state index contributed by atoms with van der Waals surface area (Å²) in [6, 6.07) is 7.83. The van der Waals surface area contributed by atoms with Crippen LogP contribution in [0.1, 0.15) is 23.5 Å². The number of nitrogens with zero attached hydrogens (tertiary/aromatic N) is 4. The summed E-state index contributed by atoms with van der Waals surface area (Å²) >= 11 is 0. The molecule has 98 valence electrons. The first-order valence-electron chi connectivity index (χ1n) is 6.06. The fourth-order valence-electron chi connectivity index (χ4n) is 2.15. The normalized spacial score (nSPS) is 12.7. The van der Waals surface area contributed by atoms with Gasteiger partial charge in [0.15, 0.2) is 11.9 Å². The van der Waals surface area contributed by atoms with Crippen LogP contribution in [0.5, 0.6) is 0 Å². The molecule has 0 aliphatic rings. The molecule has 0 fully saturated rings. The number of hydrogen-bond acceptors (Lipinski definition) is 4. The van der Waals surface area contributed by atoms with Crippen LogP contribution in [0.3, 0.4) is 0 Å². The Labute approximate surface area is 110 Å². The summed E-state index contributed by atoms with van der Waals surface area (Å²) in [6.45, 7) is 0.273. The van der Waals surface area contributed by atoms with Crippen LogP contribution in [0, 0.1) is 0 Å². The monoisotopic (exact) mass is 257 g/mol. The molecule has 0 spiro atoms. The summed E-state index contributed by atoms with van der Waals surface area (Å²) in [7, 11) is 1.99. The van der Waals surface area contributed by atoms with E-state index in [9.17, 15) is 0 Å². The fraction of sp³-hybridized carbons (Fsp3) is 0.231. The lowest BCUT2D eigenvalue weighted by atomic mass is 10.2. The molecule has 1 atom stereocenters. The van der Waals surface area contributed by atoms with Crippen molar-refractivity contribution >= 4 is 0 Å². The Balaban J connectivity index is 2.09. The third-order valence-corrected chi connectivity index (χ3v) is 3.09. The Morgan fingerprint density at radius 3 is 2.63 bits per heavy atom. The molecule has 0 aliphatic heterocycles. The predicted molar refractivity (Wildman–Crippen MR) is 69.3 cm³/mol. The van der Waals surface area contributed by atoms with Gasteiger partial charge in [-0.1, -0.05) is 5.16 Å². The molecular weight excluding hydrogens is 242 g/mol. The predicted octanol–water partition coefficient (Wildman–Crippen LogP) is 1.31. The second kappa shape index (κ2) is 4.74. The highest BCUT2D eigenvalue weighted by Crippen LogP contribution is 2.25. The minimum absolute atomic E-state index is 0.136. The van der Waals surface area contributed by atoms with Crippen molar-refractivity contribution in [3.05, 3.63) is 60.3 Å². The van der Waals surface area contributed by atoms with Crippen molar-refractivity contribution in [2.45, 2.75) is 12.6 Å². The maximum atomic E-state index is 5.53. The van der Waals surface area contributed by atoms with Crippen LogP contribution in [0.2, 0.25) is 0 Å². The quantitative estimate of drug-likeness (QED) is 0.764. The van der Waals surface area contributed by atoms with E-state index >= 15 is 0 Å². The van der Waals surface area contributed by atoms with Crippen LogP contribution in [0.4, 0.5) is 0 Å². The maximum Gasteiger partial charge on any atom is 0.255 e. The van der Waals surface area contributed by atoms with E-state index in [2.05, 4.69) is 10.1 Å². The van der Waals surface area contributed by atoms with E-state index in [4.69, 9.17) is 10.3 Å². The average Bonchev–Trinajstić information content (AvgIpc) is 3.14. The van der Waals surface area contributed by atoms with Gasteiger partial charge in [0, 0.05) is 25.6 Å². The van der Waals surface area contributed by atoms with Gasteiger partial charge in [-0.3, -0.25) is 0 Å². The molecule has 0 aromatic carbocycles. The fourth-order valence-corrected chi connectivity index (χ4v) is 2.15. The molecule has 6 nitrogen and oxygen atoms in total. The summed E-state index contributed by atoms with van der Waals surface area (Å²) in [4.78, 5) is 4.35. The van der Waals surface area contributed by atoms with Crippen molar-refractivity contribution in [2.75, 3.05) is 0 Å². The van der Waals surface area contributed by atoms with E-state index in [1.165, 1.54) is 0 Å². The zero-order chi connectivity index (χ0) is 13.2. The van der Waals surface area contributed by atoms with Crippen LogP contribution < -0.4 is 5.73 Å². The van der Waals surface area contributed by atoms with Gasteiger partial charge in [-0.15, -0.1) is 0 Å². The third kappa shape index (κ3) is 2.06. The molecule has 3 aromatic heterocycles. The SMILES string of the molecule is Cn1cccc1[C@H](c1nc(CN)no1)n1cccc1. The average molecular weight is 257 g/mol. The van der Waals surface area contributed by atoms with Crippen LogP contribution in [-0.4, -0.2) is 19.3 Å². The van der Waals surface area contributed by atoms with E-state index in [-0.39, 0.29) is 12.6 Å². The minimum atomic E-state index is -0.136. The van der Waals surface area contributed by atoms with Crippen molar-refractivity contribution < 1.29 is 4.52 Å². The van der Waals surface area contributed by atoms with Gasteiger partial charge in [-0.05, 0) is 24.3 Å². The van der Waals surface area contributed by atoms with Crippen molar-refractivity contribution in [3.8, 4) is 0 Å². The first kappa shape index (κ1) is 11.7. The molecule has 0 aliphatic carbocycles. The van der Waals surface area contributed by atoms with E-state index in [0.717, 1.165) is 5.69 Å². The van der Waals surface area contributed by atoms with Crippen molar-refractivity contribution in [2.24, 2.45) is 12.8 Å². The van der Waals surface area contributed by atoms with Gasteiger partial charge >= 0.3 is 0 Å². The molecule has 0 radical (unpaired) electrons. The summed E-state index contributed by atoms with van der Waals surface area (Å²) in [5.41, 5.74) is 6.61. The van der Waals surface area contributed by atoms with E-state index in [0.29, 0.717) is 11.7 Å². The first-order chi connectivity index (χ1) is 9.29. The molecule has 3 rings (SSSR count). The van der Waals surface area contributed by atoms with Crippen molar-refractivity contribution in [3.63, 3.8) is 0 Å². The molecule has 3 heterocycles. The summed E-state index contributed by atoms with van der Waals surface area (Å²) in [5, 5.41) is 3.87. The number of rotatable bonds is 4. The van der Waals surface area contributed by atoms with Gasteiger partial charge in [-0.2, -0.15) is 4.98 Å². The Morgan fingerprint density at radius 1 is 1.26 bits per heavy atom. The van der Waals surface area contributed by atoms with E-state index in [1.54, 1.807) is 0 Å². The van der Waals surface area contributed by atoms with Gasteiger partial charge in [0.25, 0.3) is 5.89 Å². The van der Waals surface area contributed by atoms with Crippen LogP contribution in [0.15, 0.2) is 47.4 Å². The van der Waals surface area contributed by atoms with Crippen LogP contribution >= 0.6 is 0 Å². The molecular formula is C13H15N5O. The summed E-state index contributed by atoms with van der Waals surface area (Å²) in [6.07, 6.45) is 5.94. The number of aryl methyl sites for hydroxylation is 1. The van der Waals surface area contributed by atoms with Crippen molar-refractivity contribution in [1.29, 1.82) is 0 Å². The zero-order valence-electron chi connectivity index (χ0n) is 10.6. The van der Waals surface area contributed by atoms with E-state index in [1.807, 2.05) is 59.0 Å². The van der Waals surface area contributed by atoms with Gasteiger partial charge < -0.3 is 19.4 Å². The van der Waals surface area contributed by atoms with Gasteiger partial charge in [-0.25, -0.2) is 0 Å². The third-order valence-electron chi connectivity index (χ3n) is 3.09. The smallest absolute Gasteiger partial charge is 0.255 e. The van der Waals surface area contributed by atoms with E-state index < -0.39 is 0 Å². The summed E-state index contributed by atoms with van der Waals surface area (Å²) in [5.74, 6) is 1.06. The van der Waals surface area contributed by atoms with Crippen LogP contribution in [0.25, 0.3) is 0 Å². The molecule has 0 saturated heterocycles. The zero-order valence-corrected chi connectivity index (χ0v) is 10.6. The molecule has 2 N–H and O–H groups in total. The largest absolute Gasteiger partial charge is 0.352 e. The lowest BCUT2D eigenvalue weighted by molar-refractivity contribution is 0.345. The highest BCUT2D eigenvalue weighted by Gasteiger charge is 2.24. The van der Waals surface area contributed by atoms with Crippen molar-refractivity contribution in [1.82, 2.24) is 19.3 Å². The van der Waals surface area contributed by atoms with Crippen LogP contribution in [-0.2, 0) is 13.6 Å². The molecule has 0 amide bonds. The minimum Gasteiger partial charge on any atom is -0.352 e. The Hall–Kier alpha value is -2.34. The molecule has 0 saturated carbocycles. The molecule has 0 bridgehead atoms. The second-order valence-electron chi connectivity index (χ2n) is 4.33. The lowest BCUT2D eigenvalue weighted by Crippen LogP contribution is -2.14. The molecule has 19 heavy (non-hydrogen) atoms. The summed E-state index contributed by atoms with van der Waals surface area (Å²) < 4.78 is 9.41. The van der Waals surface area contributed by atoms with Gasteiger partial charge in [0.05, 0.1) is 12.2 Å². The topological polar surface area (TPSA) is 74.8 Å². The number of hydrogen-bond donors (Lipinski definition) is 1. The van der Waals surface area contributed by atoms with Gasteiger partial charge in [0.1, 0.15) is 0 Å². The standard InChI is InChI=1S/C13H15N5O/c1-17-6-4-5-10(17)12(18-7-2-3-8-18)13-15-11(9-14)16-19-13/h2-8,12H,9,14H2,1H3/t12-/m1/s1. The lowest BCUT2D eigenvalue weighted by Gasteiger charge is -2.16. The second-order valence-corrected chi connectivity index (χ2v) is 4.33. The number of nitrogens with two attached hydrogens (primary N) is 1. The number of aromatic nitrogens is 4. The Kier molecular flexibility index (Phi) is 2.92. The molecule has 3 aromatic rings. The Morgan fingerprint density at radius 2 is 2.05 bits per heavy atom. The molecule has 0 unspecified atom stereocenters. The Bertz CT molecular complexity index is 652. The highest BCUT2D eigenvalue weighted by molar-refractivity contribution is 5.20. The maximum absolute atomic E-state index is 5.53. The molecule has 6 heteroatoms. The first-order valence-corrected chi connectivity index (χ1v) is 6.06. The van der Waals surface area contributed by atoms with Gasteiger partial charge in [0.2, 0.25) is 0 Å². The highest BCUT2D eigenvalue weighted by atomic mass is 16.5.